The number of nitrogens with one attached hydrogen (secondary N) is 2. The van der Waals surface area contributed by atoms with Crippen LogP contribution < -0.4 is 10.6 Å². The van der Waals surface area contributed by atoms with Crippen molar-refractivity contribution in [2.24, 2.45) is 0 Å². The number of pyridine rings is 2. The average molecular weight is 348 g/mol. The van der Waals surface area contributed by atoms with E-state index in [0.29, 0.717) is 36.8 Å². The van der Waals surface area contributed by atoms with Gasteiger partial charge in [-0.1, -0.05) is 6.07 Å². The van der Waals surface area contributed by atoms with E-state index in [2.05, 4.69) is 30.6 Å². The zero-order valence-electron chi connectivity index (χ0n) is 14.5. The monoisotopic (exact) mass is 348 g/mol. The normalized spacial score (nSPS) is 10.3. The summed E-state index contributed by atoms with van der Waals surface area (Å²) in [6.07, 6.45) is 5.48. The van der Waals surface area contributed by atoms with Crippen molar-refractivity contribution in [3.63, 3.8) is 0 Å². The second-order valence-electron chi connectivity index (χ2n) is 5.74. The Labute approximate surface area is 152 Å². The number of nitrogens with zero attached hydrogens (tertiary/aromatic N) is 4. The van der Waals surface area contributed by atoms with Gasteiger partial charge in [0.25, 0.3) is 0 Å². The molecule has 0 spiro atoms. The van der Waals surface area contributed by atoms with Crippen molar-refractivity contribution in [3.8, 4) is 11.5 Å². The van der Waals surface area contributed by atoms with Crippen molar-refractivity contribution in [2.45, 2.75) is 19.9 Å². The molecule has 0 saturated carbocycles. The molecule has 26 heavy (non-hydrogen) atoms. The molecule has 7 heteroatoms. The predicted octanol–water partition coefficient (Wildman–Crippen LogP) is 2.36. The second kappa shape index (κ2) is 8.66. The lowest BCUT2D eigenvalue weighted by atomic mass is 10.2. The van der Waals surface area contributed by atoms with Crippen LogP contribution in [0.25, 0.3) is 11.5 Å². The van der Waals surface area contributed by atoms with Crippen molar-refractivity contribution in [2.75, 3.05) is 11.9 Å². The molecule has 0 unspecified atom stereocenters. The van der Waals surface area contributed by atoms with Gasteiger partial charge in [0.05, 0.1) is 0 Å². The topological polar surface area (TPSA) is 92.7 Å². The van der Waals surface area contributed by atoms with Crippen LogP contribution in [-0.4, -0.2) is 32.4 Å². The van der Waals surface area contributed by atoms with Crippen LogP contribution in [0.2, 0.25) is 0 Å². The first-order valence-electron chi connectivity index (χ1n) is 8.37. The van der Waals surface area contributed by atoms with Crippen molar-refractivity contribution in [3.05, 3.63) is 66.2 Å². The van der Waals surface area contributed by atoms with E-state index in [1.807, 2.05) is 43.3 Å². The summed E-state index contributed by atoms with van der Waals surface area (Å²) in [5.74, 6) is 1.22. The number of aromatic nitrogens is 4. The minimum Gasteiger partial charge on any atom is -0.369 e. The molecule has 0 aliphatic heterocycles. The summed E-state index contributed by atoms with van der Waals surface area (Å²) in [5.41, 5.74) is 2.58. The zero-order valence-corrected chi connectivity index (χ0v) is 14.5. The minimum atomic E-state index is -0.0231. The third-order valence-corrected chi connectivity index (χ3v) is 3.65. The summed E-state index contributed by atoms with van der Waals surface area (Å²) in [6, 6.07) is 11.2. The number of hydrogen-bond donors (Lipinski definition) is 2. The first-order valence-corrected chi connectivity index (χ1v) is 8.37. The standard InChI is InChI=1S/C19H20N6O/c1-14-12-17(25-19(24-14)16-4-2-3-8-21-16)22-11-7-18(26)23-13-15-5-9-20-10-6-15/h2-6,8-10,12H,7,11,13H2,1H3,(H,23,26)(H,22,24,25). The third-order valence-electron chi connectivity index (χ3n) is 3.65. The van der Waals surface area contributed by atoms with E-state index in [1.165, 1.54) is 0 Å². The molecule has 0 atom stereocenters. The molecule has 0 bridgehead atoms. The predicted molar refractivity (Wildman–Crippen MR) is 99.2 cm³/mol. The molecule has 3 aromatic heterocycles. The van der Waals surface area contributed by atoms with Crippen LogP contribution in [-0.2, 0) is 11.3 Å². The van der Waals surface area contributed by atoms with E-state index in [4.69, 9.17) is 0 Å². The molecule has 3 rings (SSSR count). The van der Waals surface area contributed by atoms with Gasteiger partial charge in [0.15, 0.2) is 5.82 Å². The summed E-state index contributed by atoms with van der Waals surface area (Å²) in [6.45, 7) is 2.89. The highest BCUT2D eigenvalue weighted by atomic mass is 16.1. The Morgan fingerprint density at radius 1 is 1.08 bits per heavy atom. The number of carbonyl (C=O) groups excluding carboxylic acids is 1. The Hall–Kier alpha value is -3.35. The molecule has 3 aromatic rings. The number of hydrogen-bond acceptors (Lipinski definition) is 6. The maximum absolute atomic E-state index is 12.0. The molecule has 7 nitrogen and oxygen atoms in total. The van der Waals surface area contributed by atoms with Crippen LogP contribution in [0.3, 0.4) is 0 Å². The summed E-state index contributed by atoms with van der Waals surface area (Å²) in [7, 11) is 0. The maximum Gasteiger partial charge on any atom is 0.222 e. The van der Waals surface area contributed by atoms with Gasteiger partial charge in [-0.3, -0.25) is 14.8 Å². The Morgan fingerprint density at radius 3 is 2.69 bits per heavy atom. The summed E-state index contributed by atoms with van der Waals surface area (Å²) in [5, 5.41) is 6.06. The number of anilines is 1. The number of rotatable bonds is 7. The molecule has 0 aliphatic rings. The van der Waals surface area contributed by atoms with Crippen LogP contribution in [0.4, 0.5) is 5.82 Å². The molecule has 3 heterocycles. The van der Waals surface area contributed by atoms with Gasteiger partial charge in [-0.15, -0.1) is 0 Å². The maximum atomic E-state index is 12.0. The van der Waals surface area contributed by atoms with E-state index in [9.17, 15) is 4.79 Å². The lowest BCUT2D eigenvalue weighted by molar-refractivity contribution is -0.121. The largest absolute Gasteiger partial charge is 0.369 e. The minimum absolute atomic E-state index is 0.0231. The van der Waals surface area contributed by atoms with E-state index >= 15 is 0 Å². The summed E-state index contributed by atoms with van der Waals surface area (Å²) < 4.78 is 0. The van der Waals surface area contributed by atoms with E-state index in [0.717, 1.165) is 11.3 Å². The van der Waals surface area contributed by atoms with Crippen LogP contribution in [0, 0.1) is 6.92 Å². The van der Waals surface area contributed by atoms with Crippen LogP contribution in [0.5, 0.6) is 0 Å². The molecular weight excluding hydrogens is 328 g/mol. The molecule has 0 aromatic carbocycles. The molecule has 0 radical (unpaired) electrons. The lowest BCUT2D eigenvalue weighted by Crippen LogP contribution is -2.25. The number of carbonyl (C=O) groups is 1. The first kappa shape index (κ1) is 17.5. The summed E-state index contributed by atoms with van der Waals surface area (Å²) >= 11 is 0. The molecule has 132 valence electrons. The zero-order chi connectivity index (χ0) is 18.2. The van der Waals surface area contributed by atoms with Gasteiger partial charge in [0.2, 0.25) is 5.91 Å². The fourth-order valence-electron chi connectivity index (χ4n) is 2.36. The van der Waals surface area contributed by atoms with E-state index in [1.54, 1.807) is 18.6 Å². The van der Waals surface area contributed by atoms with Gasteiger partial charge in [-0.05, 0) is 36.8 Å². The highest BCUT2D eigenvalue weighted by molar-refractivity contribution is 5.76. The van der Waals surface area contributed by atoms with Gasteiger partial charge < -0.3 is 10.6 Å². The lowest BCUT2D eigenvalue weighted by Gasteiger charge is -2.09. The molecule has 2 N–H and O–H groups in total. The van der Waals surface area contributed by atoms with Crippen molar-refractivity contribution in [1.29, 1.82) is 0 Å². The molecule has 0 saturated heterocycles. The number of amides is 1. The highest BCUT2D eigenvalue weighted by Gasteiger charge is 2.07. The third kappa shape index (κ3) is 5.07. The van der Waals surface area contributed by atoms with Gasteiger partial charge >= 0.3 is 0 Å². The molecule has 1 amide bonds. The Balaban J connectivity index is 1.51. The molecular formula is C19H20N6O. The van der Waals surface area contributed by atoms with Crippen LogP contribution >= 0.6 is 0 Å². The Morgan fingerprint density at radius 2 is 1.92 bits per heavy atom. The van der Waals surface area contributed by atoms with E-state index < -0.39 is 0 Å². The van der Waals surface area contributed by atoms with Crippen LogP contribution in [0.15, 0.2) is 55.0 Å². The second-order valence-corrected chi connectivity index (χ2v) is 5.74. The van der Waals surface area contributed by atoms with Crippen molar-refractivity contribution in [1.82, 2.24) is 25.3 Å². The quantitative estimate of drug-likeness (QED) is 0.681. The first-order chi connectivity index (χ1) is 12.7. The molecule has 0 fully saturated rings. The van der Waals surface area contributed by atoms with Gasteiger partial charge in [-0.25, -0.2) is 9.97 Å². The Kier molecular flexibility index (Phi) is 5.82. The fourth-order valence-corrected chi connectivity index (χ4v) is 2.36. The highest BCUT2D eigenvalue weighted by Crippen LogP contribution is 2.15. The van der Waals surface area contributed by atoms with Crippen molar-refractivity contribution < 1.29 is 4.79 Å². The molecule has 0 aliphatic carbocycles. The average Bonchev–Trinajstić information content (AvgIpc) is 2.67. The smallest absolute Gasteiger partial charge is 0.222 e. The van der Waals surface area contributed by atoms with Crippen LogP contribution in [0.1, 0.15) is 17.7 Å². The van der Waals surface area contributed by atoms with Gasteiger partial charge in [0.1, 0.15) is 11.5 Å². The van der Waals surface area contributed by atoms with Gasteiger partial charge in [-0.2, -0.15) is 0 Å². The van der Waals surface area contributed by atoms with Crippen molar-refractivity contribution >= 4 is 11.7 Å². The SMILES string of the molecule is Cc1cc(NCCC(=O)NCc2ccncc2)nc(-c2ccccn2)n1. The fraction of sp³-hybridized carbons (Fsp3) is 0.211. The number of aryl methyl sites for hydroxylation is 1. The van der Waals surface area contributed by atoms with E-state index in [-0.39, 0.29) is 5.91 Å². The van der Waals surface area contributed by atoms with Gasteiger partial charge in [0, 0.05) is 49.9 Å². The summed E-state index contributed by atoms with van der Waals surface area (Å²) in [4.78, 5) is 29.1. The Bertz CT molecular complexity index is 854.